The van der Waals surface area contributed by atoms with Gasteiger partial charge in [0.15, 0.2) is 6.29 Å². The molecule has 28 heavy (non-hydrogen) atoms. The highest BCUT2D eigenvalue weighted by atomic mass is 16.7. The van der Waals surface area contributed by atoms with Crippen LogP contribution in [-0.2, 0) is 14.2 Å². The minimum Gasteiger partial charge on any atom is -0.394 e. The molecule has 0 aromatic rings. The predicted octanol–water partition coefficient (Wildman–Crippen LogP) is -6.63. The lowest BCUT2D eigenvalue weighted by Gasteiger charge is -2.47. The minimum absolute atomic E-state index is 0.714. The molecule has 2 fully saturated rings. The Balaban J connectivity index is 2.14. The van der Waals surface area contributed by atoms with E-state index in [0.29, 0.717) is 0 Å². The largest absolute Gasteiger partial charge is 0.394 e. The SMILES string of the molecule is OCC(O)C(O)C1O[C@H](CO)[C@@H](O[C@@H]2O[C@H](CO)[C@H](O)[C@H](O)[C@H]2O)[C@H](O)[C@H]1O. The van der Waals surface area contributed by atoms with Crippen molar-refractivity contribution < 1.29 is 65.3 Å². The fraction of sp³-hybridized carbons (Fsp3) is 1.00. The van der Waals surface area contributed by atoms with E-state index in [1.54, 1.807) is 0 Å². The van der Waals surface area contributed by atoms with Crippen LogP contribution in [0, 0.1) is 0 Å². The average molecular weight is 416 g/mol. The van der Waals surface area contributed by atoms with Gasteiger partial charge in [0, 0.05) is 0 Å². The van der Waals surface area contributed by atoms with E-state index in [0.717, 1.165) is 0 Å². The Morgan fingerprint density at radius 1 is 0.714 bits per heavy atom. The molecule has 0 amide bonds. The average Bonchev–Trinajstić information content (AvgIpc) is 2.70. The maximum absolute atomic E-state index is 10.4. The monoisotopic (exact) mass is 416 g/mol. The van der Waals surface area contributed by atoms with Crippen molar-refractivity contribution in [1.29, 1.82) is 0 Å². The molecule has 0 saturated carbocycles. The zero-order valence-electron chi connectivity index (χ0n) is 14.7. The highest BCUT2D eigenvalue weighted by Crippen LogP contribution is 2.30. The third kappa shape index (κ3) is 4.62. The summed E-state index contributed by atoms with van der Waals surface area (Å²) in [5.41, 5.74) is 0. The Kier molecular flexibility index (Phi) is 8.48. The molecule has 2 heterocycles. The van der Waals surface area contributed by atoms with Crippen LogP contribution in [0.2, 0.25) is 0 Å². The molecule has 2 saturated heterocycles. The molecule has 12 atom stereocenters. The third-order valence-corrected chi connectivity index (χ3v) is 4.96. The number of hydrogen-bond donors (Lipinski definition) is 10. The van der Waals surface area contributed by atoms with E-state index in [-0.39, 0.29) is 0 Å². The molecule has 0 radical (unpaired) electrons. The van der Waals surface area contributed by atoms with Gasteiger partial charge in [-0.15, -0.1) is 0 Å². The topological polar surface area (TPSA) is 230 Å². The smallest absolute Gasteiger partial charge is 0.187 e. The van der Waals surface area contributed by atoms with E-state index < -0.39 is 93.3 Å². The van der Waals surface area contributed by atoms with Crippen molar-refractivity contribution in [2.75, 3.05) is 19.8 Å². The van der Waals surface area contributed by atoms with Gasteiger partial charge in [0.05, 0.1) is 19.8 Å². The van der Waals surface area contributed by atoms with Gasteiger partial charge in [-0.3, -0.25) is 0 Å². The van der Waals surface area contributed by atoms with Crippen molar-refractivity contribution >= 4 is 0 Å². The van der Waals surface area contributed by atoms with Gasteiger partial charge in [0.2, 0.25) is 0 Å². The lowest BCUT2D eigenvalue weighted by molar-refractivity contribution is -0.346. The minimum atomic E-state index is -1.83. The van der Waals surface area contributed by atoms with Gasteiger partial charge in [-0.2, -0.15) is 0 Å². The van der Waals surface area contributed by atoms with E-state index in [4.69, 9.17) is 19.3 Å². The van der Waals surface area contributed by atoms with Gasteiger partial charge < -0.3 is 65.3 Å². The van der Waals surface area contributed by atoms with Gasteiger partial charge in [0.25, 0.3) is 0 Å². The number of hydrogen-bond acceptors (Lipinski definition) is 13. The van der Waals surface area contributed by atoms with Crippen LogP contribution in [0.3, 0.4) is 0 Å². The third-order valence-electron chi connectivity index (χ3n) is 4.96. The van der Waals surface area contributed by atoms with Crippen molar-refractivity contribution in [3.63, 3.8) is 0 Å². The van der Waals surface area contributed by atoms with E-state index in [1.165, 1.54) is 0 Å². The number of ether oxygens (including phenoxy) is 3. The fourth-order valence-corrected chi connectivity index (χ4v) is 3.23. The summed E-state index contributed by atoms with van der Waals surface area (Å²) >= 11 is 0. The fourth-order valence-electron chi connectivity index (χ4n) is 3.23. The summed E-state index contributed by atoms with van der Waals surface area (Å²) < 4.78 is 15.8. The molecule has 166 valence electrons. The summed E-state index contributed by atoms with van der Waals surface area (Å²) in [6.45, 7) is -2.34. The Morgan fingerprint density at radius 2 is 1.32 bits per heavy atom. The van der Waals surface area contributed by atoms with Crippen LogP contribution in [0.5, 0.6) is 0 Å². The molecular weight excluding hydrogens is 388 g/mol. The number of rotatable bonds is 7. The Morgan fingerprint density at radius 3 is 1.86 bits per heavy atom. The first-order valence-electron chi connectivity index (χ1n) is 8.73. The number of aliphatic hydroxyl groups is 10. The van der Waals surface area contributed by atoms with Crippen molar-refractivity contribution in [3.05, 3.63) is 0 Å². The number of aliphatic hydroxyl groups excluding tert-OH is 10. The van der Waals surface area contributed by atoms with Gasteiger partial charge in [-0.05, 0) is 0 Å². The maximum Gasteiger partial charge on any atom is 0.187 e. The molecule has 0 bridgehead atoms. The van der Waals surface area contributed by atoms with Crippen molar-refractivity contribution in [2.45, 2.75) is 73.4 Å². The molecule has 10 N–H and O–H groups in total. The highest BCUT2D eigenvalue weighted by Gasteiger charge is 2.52. The molecule has 0 spiro atoms. The summed E-state index contributed by atoms with van der Waals surface area (Å²) in [5.74, 6) is 0. The molecular formula is C15H28O13. The zero-order chi connectivity index (χ0) is 21.2. The quantitative estimate of drug-likeness (QED) is 0.186. The summed E-state index contributed by atoms with van der Waals surface area (Å²) in [7, 11) is 0. The van der Waals surface area contributed by atoms with E-state index in [1.807, 2.05) is 0 Å². The van der Waals surface area contributed by atoms with Crippen LogP contribution < -0.4 is 0 Å². The first-order valence-corrected chi connectivity index (χ1v) is 8.73. The van der Waals surface area contributed by atoms with E-state index in [2.05, 4.69) is 0 Å². The standard InChI is InChI=1S/C15H28O13/c16-1-4(19)7(20)14-11(24)10(23)13(6(3-18)26-14)28-15-12(25)9(22)8(21)5(2-17)27-15/h4-25H,1-3H2/t4?,5-,6-,7?,8+,9+,10-,11-,12-,13-,14?,15+/m1/s1. The summed E-state index contributed by atoms with van der Waals surface area (Å²) in [5, 5.41) is 97.2. The highest BCUT2D eigenvalue weighted by molar-refractivity contribution is 4.98. The molecule has 0 aromatic carbocycles. The van der Waals surface area contributed by atoms with E-state index >= 15 is 0 Å². The van der Waals surface area contributed by atoms with Crippen molar-refractivity contribution in [3.8, 4) is 0 Å². The molecule has 2 aliphatic heterocycles. The van der Waals surface area contributed by atoms with Crippen molar-refractivity contribution in [2.24, 2.45) is 0 Å². The summed E-state index contributed by atoms with van der Waals surface area (Å²) in [6, 6.07) is 0. The second-order valence-corrected chi connectivity index (χ2v) is 6.84. The van der Waals surface area contributed by atoms with Gasteiger partial charge in [-0.1, -0.05) is 0 Å². The molecule has 13 nitrogen and oxygen atoms in total. The van der Waals surface area contributed by atoms with Crippen LogP contribution in [0.25, 0.3) is 0 Å². The Hall–Kier alpha value is -0.520. The predicted molar refractivity (Wildman–Crippen MR) is 85.5 cm³/mol. The first kappa shape index (κ1) is 23.8. The van der Waals surface area contributed by atoms with Crippen LogP contribution >= 0.6 is 0 Å². The Bertz CT molecular complexity index is 477. The molecule has 0 aromatic heterocycles. The molecule has 2 rings (SSSR count). The maximum atomic E-state index is 10.4. The van der Waals surface area contributed by atoms with Crippen LogP contribution in [0.15, 0.2) is 0 Å². The normalized spacial score (nSPS) is 46.9. The second-order valence-electron chi connectivity index (χ2n) is 6.84. The van der Waals surface area contributed by atoms with Crippen LogP contribution in [0.1, 0.15) is 0 Å². The van der Waals surface area contributed by atoms with Gasteiger partial charge in [0.1, 0.15) is 67.1 Å². The first-order chi connectivity index (χ1) is 13.2. The summed E-state index contributed by atoms with van der Waals surface area (Å²) in [4.78, 5) is 0. The Labute approximate surface area is 159 Å². The molecule has 0 aliphatic carbocycles. The second kappa shape index (κ2) is 9.99. The molecule has 13 heteroatoms. The molecule has 3 unspecified atom stereocenters. The van der Waals surface area contributed by atoms with E-state index in [9.17, 15) is 46.0 Å². The lowest BCUT2D eigenvalue weighted by Crippen LogP contribution is -2.66. The van der Waals surface area contributed by atoms with Crippen LogP contribution in [0.4, 0.5) is 0 Å². The van der Waals surface area contributed by atoms with Crippen LogP contribution in [-0.4, -0.2) is 144 Å². The zero-order valence-corrected chi connectivity index (χ0v) is 14.7. The summed E-state index contributed by atoms with van der Waals surface area (Å²) in [6.07, 6.45) is -19.7. The lowest BCUT2D eigenvalue weighted by atomic mass is 9.90. The molecule has 2 aliphatic rings. The van der Waals surface area contributed by atoms with Crippen molar-refractivity contribution in [1.82, 2.24) is 0 Å². The van der Waals surface area contributed by atoms with Gasteiger partial charge in [-0.25, -0.2) is 0 Å². The van der Waals surface area contributed by atoms with Gasteiger partial charge >= 0.3 is 0 Å².